The Morgan fingerprint density at radius 2 is 1.68 bits per heavy atom. The lowest BCUT2D eigenvalue weighted by Gasteiger charge is -2.48. The summed E-state index contributed by atoms with van der Waals surface area (Å²) >= 11 is 0. The van der Waals surface area contributed by atoms with Gasteiger partial charge in [0.05, 0.1) is 63.4 Å². The van der Waals surface area contributed by atoms with Gasteiger partial charge in [-0.25, -0.2) is 0 Å². The first-order chi connectivity index (χ1) is 20.0. The van der Waals surface area contributed by atoms with Crippen molar-refractivity contribution in [3.8, 4) is 0 Å². The Bertz CT molecular complexity index is 838. The van der Waals surface area contributed by atoms with Crippen LogP contribution in [0.3, 0.4) is 0 Å². The molecule has 0 aromatic heterocycles. The normalized spacial score (nSPS) is 39.6. The molecule has 0 aliphatic carbocycles. The van der Waals surface area contributed by atoms with Crippen LogP contribution in [-0.4, -0.2) is 160 Å². The second-order valence-corrected chi connectivity index (χ2v) is 14.1. The topological polar surface area (TPSA) is 59.1 Å². The summed E-state index contributed by atoms with van der Waals surface area (Å²) in [4.78, 5) is 10.7. The van der Waals surface area contributed by atoms with Crippen molar-refractivity contribution in [3.05, 3.63) is 0 Å². The standard InChI is InChI=1S/C32H58N4O5/c1-4-37-23-32-11-8-28(36(32)15-18-40-24-32)19-26(2)41-25-31-10-7-27(35(31)13-12-33(3)22-31)9-16-38-20-29-5-6-30-21-39-17-14-34(29)30/h26-30H,4-25H2,1-3H3. The van der Waals surface area contributed by atoms with E-state index in [-0.39, 0.29) is 17.2 Å². The summed E-state index contributed by atoms with van der Waals surface area (Å²) in [5.74, 6) is 0. The first kappa shape index (κ1) is 30.7. The lowest BCUT2D eigenvalue weighted by Crippen LogP contribution is -2.62. The average molecular weight is 579 g/mol. The van der Waals surface area contributed by atoms with Crippen LogP contribution in [0.2, 0.25) is 0 Å². The van der Waals surface area contributed by atoms with E-state index in [1.54, 1.807) is 0 Å². The number of nitrogens with zero attached hydrogens (tertiary/aromatic N) is 4. The summed E-state index contributed by atoms with van der Waals surface area (Å²) in [5.41, 5.74) is 0.217. The van der Waals surface area contributed by atoms with E-state index < -0.39 is 0 Å². The van der Waals surface area contributed by atoms with E-state index in [9.17, 15) is 0 Å². The summed E-state index contributed by atoms with van der Waals surface area (Å²) in [6.07, 6.45) is 9.91. The van der Waals surface area contributed by atoms with E-state index in [4.69, 9.17) is 23.7 Å². The molecule has 7 unspecified atom stereocenters. The van der Waals surface area contributed by atoms with Gasteiger partial charge in [0.15, 0.2) is 0 Å². The Morgan fingerprint density at radius 3 is 2.59 bits per heavy atom. The van der Waals surface area contributed by atoms with Crippen molar-refractivity contribution in [2.24, 2.45) is 0 Å². The quantitative estimate of drug-likeness (QED) is 0.307. The van der Waals surface area contributed by atoms with Gasteiger partial charge in [0.25, 0.3) is 0 Å². The van der Waals surface area contributed by atoms with Crippen LogP contribution in [0, 0.1) is 0 Å². The van der Waals surface area contributed by atoms with Crippen molar-refractivity contribution in [2.45, 2.75) is 107 Å². The highest BCUT2D eigenvalue weighted by atomic mass is 16.5. The molecular formula is C32H58N4O5. The predicted molar refractivity (Wildman–Crippen MR) is 160 cm³/mol. The van der Waals surface area contributed by atoms with Gasteiger partial charge in [0.2, 0.25) is 0 Å². The molecule has 0 saturated carbocycles. The van der Waals surface area contributed by atoms with Crippen molar-refractivity contribution in [3.63, 3.8) is 0 Å². The van der Waals surface area contributed by atoms with Gasteiger partial charge in [-0.05, 0) is 72.3 Å². The predicted octanol–water partition coefficient (Wildman–Crippen LogP) is 2.47. The fourth-order valence-corrected chi connectivity index (χ4v) is 9.24. The lowest BCUT2D eigenvalue weighted by atomic mass is 9.94. The van der Waals surface area contributed by atoms with Crippen molar-refractivity contribution in [1.29, 1.82) is 0 Å². The number of hydrogen-bond donors (Lipinski definition) is 0. The summed E-state index contributed by atoms with van der Waals surface area (Å²) in [5, 5.41) is 0. The molecule has 0 bridgehead atoms. The van der Waals surface area contributed by atoms with Crippen LogP contribution in [0.25, 0.3) is 0 Å². The molecule has 9 heteroatoms. The number of rotatable bonds is 13. The molecule has 0 amide bonds. The molecule has 6 saturated heterocycles. The minimum absolute atomic E-state index is 0.0720. The molecule has 0 spiro atoms. The number of ether oxygens (including phenoxy) is 5. The van der Waals surface area contributed by atoms with E-state index >= 15 is 0 Å². The highest BCUT2D eigenvalue weighted by Crippen LogP contribution is 2.41. The van der Waals surface area contributed by atoms with Crippen molar-refractivity contribution in [1.82, 2.24) is 19.6 Å². The van der Waals surface area contributed by atoms with E-state index in [0.29, 0.717) is 24.2 Å². The average Bonchev–Trinajstić information content (AvgIpc) is 3.67. The smallest absolute Gasteiger partial charge is 0.0682 e. The molecule has 6 fully saturated rings. The van der Waals surface area contributed by atoms with E-state index in [2.05, 4.69) is 40.5 Å². The van der Waals surface area contributed by atoms with Gasteiger partial charge >= 0.3 is 0 Å². The molecule has 0 N–H and O–H groups in total. The number of piperazine rings is 1. The summed E-state index contributed by atoms with van der Waals surface area (Å²) < 4.78 is 30.7. The molecule has 0 aromatic carbocycles. The first-order valence-corrected chi connectivity index (χ1v) is 16.9. The maximum Gasteiger partial charge on any atom is 0.0682 e. The molecule has 7 atom stereocenters. The van der Waals surface area contributed by atoms with Gasteiger partial charge in [-0.2, -0.15) is 0 Å². The Morgan fingerprint density at radius 1 is 0.854 bits per heavy atom. The number of hydrogen-bond acceptors (Lipinski definition) is 9. The maximum absolute atomic E-state index is 6.78. The second-order valence-electron chi connectivity index (χ2n) is 14.1. The van der Waals surface area contributed by atoms with Gasteiger partial charge in [-0.3, -0.25) is 14.7 Å². The zero-order valence-corrected chi connectivity index (χ0v) is 26.3. The molecule has 6 aliphatic rings. The Kier molecular flexibility index (Phi) is 10.3. The molecule has 0 aromatic rings. The summed E-state index contributed by atoms with van der Waals surface area (Å²) in [6, 6.07) is 2.40. The van der Waals surface area contributed by atoms with Gasteiger partial charge in [-0.1, -0.05) is 0 Å². The molecule has 9 nitrogen and oxygen atoms in total. The SMILES string of the molecule is CCOCC12CCC(CC(C)OCC34CCC(CCOCC5CCC6COCCN56)N3CCN(C)C4)N1CCOC2. The third-order valence-electron chi connectivity index (χ3n) is 11.4. The van der Waals surface area contributed by atoms with E-state index in [1.165, 1.54) is 38.5 Å². The molecular weight excluding hydrogens is 520 g/mol. The molecule has 41 heavy (non-hydrogen) atoms. The minimum Gasteiger partial charge on any atom is -0.380 e. The first-order valence-electron chi connectivity index (χ1n) is 16.9. The zero-order chi connectivity index (χ0) is 28.3. The van der Waals surface area contributed by atoms with Crippen LogP contribution in [0.1, 0.15) is 65.2 Å². The number of morpholine rings is 2. The largest absolute Gasteiger partial charge is 0.380 e. The Balaban J connectivity index is 0.977. The molecule has 6 heterocycles. The highest BCUT2D eigenvalue weighted by Gasteiger charge is 2.50. The van der Waals surface area contributed by atoms with Crippen molar-refractivity contribution >= 4 is 0 Å². The number of likely N-dealkylation sites (N-methyl/N-ethyl adjacent to an activating group) is 1. The Labute approximate surface area is 249 Å². The molecule has 0 radical (unpaired) electrons. The van der Waals surface area contributed by atoms with Crippen LogP contribution in [0.5, 0.6) is 0 Å². The molecule has 6 aliphatic heterocycles. The maximum atomic E-state index is 6.78. The van der Waals surface area contributed by atoms with E-state index in [1.807, 2.05) is 0 Å². The summed E-state index contributed by atoms with van der Waals surface area (Å²) in [6.45, 7) is 17.5. The zero-order valence-electron chi connectivity index (χ0n) is 26.3. The van der Waals surface area contributed by atoms with Crippen molar-refractivity contribution < 1.29 is 23.7 Å². The van der Waals surface area contributed by atoms with Crippen molar-refractivity contribution in [2.75, 3.05) is 99.2 Å². The van der Waals surface area contributed by atoms with Crippen LogP contribution in [0.4, 0.5) is 0 Å². The number of fused-ring (bicyclic) bond motifs is 3. The second kappa shape index (κ2) is 13.7. The van der Waals surface area contributed by atoms with Gasteiger partial charge < -0.3 is 28.6 Å². The van der Waals surface area contributed by atoms with Gasteiger partial charge in [-0.15, -0.1) is 0 Å². The fourth-order valence-electron chi connectivity index (χ4n) is 9.24. The van der Waals surface area contributed by atoms with Crippen LogP contribution in [0.15, 0.2) is 0 Å². The third-order valence-corrected chi connectivity index (χ3v) is 11.4. The monoisotopic (exact) mass is 578 g/mol. The van der Waals surface area contributed by atoms with Gasteiger partial charge in [0.1, 0.15) is 0 Å². The fraction of sp³-hybridized carbons (Fsp3) is 1.00. The molecule has 6 rings (SSSR count). The Hall–Kier alpha value is -0.360. The lowest BCUT2D eigenvalue weighted by molar-refractivity contribution is -0.105. The third kappa shape index (κ3) is 6.69. The van der Waals surface area contributed by atoms with Crippen LogP contribution in [-0.2, 0) is 23.7 Å². The van der Waals surface area contributed by atoms with Crippen LogP contribution < -0.4 is 0 Å². The highest BCUT2D eigenvalue weighted by molar-refractivity contribution is 5.06. The van der Waals surface area contributed by atoms with E-state index in [0.717, 1.165) is 105 Å². The molecule has 236 valence electrons. The van der Waals surface area contributed by atoms with Gasteiger partial charge in [0, 0.05) is 70.1 Å². The minimum atomic E-state index is 0.0720. The van der Waals surface area contributed by atoms with Crippen LogP contribution >= 0.6 is 0 Å². The summed E-state index contributed by atoms with van der Waals surface area (Å²) in [7, 11) is 2.29.